The number of hydrogen-bond acceptors (Lipinski definition) is 5. The molecule has 2 rings (SSSR count). The van der Waals surface area contributed by atoms with Crippen molar-refractivity contribution < 1.29 is 14.6 Å². The maximum absolute atomic E-state index is 11.5. The number of fused-ring (bicyclic) bond motifs is 1. The molecular formula is C10H12N2O3. The van der Waals surface area contributed by atoms with Crippen molar-refractivity contribution in [1.29, 1.82) is 0 Å². The minimum Gasteiger partial charge on any atom is -0.462 e. The van der Waals surface area contributed by atoms with E-state index in [2.05, 4.69) is 10.3 Å². The summed E-state index contributed by atoms with van der Waals surface area (Å²) in [5, 5.41) is 12.2. The summed E-state index contributed by atoms with van der Waals surface area (Å²) in [6.45, 7) is 2.08. The third-order valence-electron chi connectivity index (χ3n) is 2.22. The lowest BCUT2D eigenvalue weighted by atomic mass is 10.2. The zero-order valence-electron chi connectivity index (χ0n) is 8.36. The van der Waals surface area contributed by atoms with E-state index in [4.69, 9.17) is 4.74 Å². The van der Waals surface area contributed by atoms with E-state index in [0.717, 1.165) is 0 Å². The lowest BCUT2D eigenvalue weighted by molar-refractivity contribution is 0.0527. The van der Waals surface area contributed by atoms with Crippen LogP contribution < -0.4 is 5.32 Å². The Hall–Kier alpha value is -1.62. The molecule has 0 amide bonds. The first-order chi connectivity index (χ1) is 7.22. The summed E-state index contributed by atoms with van der Waals surface area (Å²) in [6, 6.07) is 1.59. The van der Waals surface area contributed by atoms with Crippen molar-refractivity contribution in [2.75, 3.05) is 11.9 Å². The molecule has 0 radical (unpaired) electrons. The standard InChI is InChI=1S/C10H12N2O3/c1-2-15-10(14)6-3-4-11-7-5-8(13)12-9(6)7/h3-4,8,12-13H,2,5H2,1H3. The first kappa shape index (κ1) is 9.92. The van der Waals surface area contributed by atoms with Gasteiger partial charge in [0.15, 0.2) is 0 Å². The highest BCUT2D eigenvalue weighted by molar-refractivity contribution is 5.96. The van der Waals surface area contributed by atoms with Gasteiger partial charge in [0, 0.05) is 12.6 Å². The molecule has 1 aliphatic rings. The van der Waals surface area contributed by atoms with Gasteiger partial charge < -0.3 is 15.2 Å². The highest BCUT2D eigenvalue weighted by Gasteiger charge is 2.25. The van der Waals surface area contributed by atoms with Gasteiger partial charge in [-0.05, 0) is 13.0 Å². The van der Waals surface area contributed by atoms with Gasteiger partial charge >= 0.3 is 5.97 Å². The van der Waals surface area contributed by atoms with Gasteiger partial charge in [0.25, 0.3) is 0 Å². The molecule has 1 aliphatic heterocycles. The lowest BCUT2D eigenvalue weighted by Gasteiger charge is -2.07. The summed E-state index contributed by atoms with van der Waals surface area (Å²) in [4.78, 5) is 15.6. The first-order valence-electron chi connectivity index (χ1n) is 4.82. The molecule has 1 aromatic rings. The minimum atomic E-state index is -0.664. The SMILES string of the molecule is CCOC(=O)c1ccnc2c1NC(O)C2. The number of nitrogens with one attached hydrogen (secondary N) is 1. The Morgan fingerprint density at radius 2 is 2.60 bits per heavy atom. The van der Waals surface area contributed by atoms with Gasteiger partial charge in [-0.25, -0.2) is 4.79 Å². The maximum Gasteiger partial charge on any atom is 0.340 e. The van der Waals surface area contributed by atoms with E-state index < -0.39 is 12.2 Å². The number of nitrogens with zero attached hydrogens (tertiary/aromatic N) is 1. The van der Waals surface area contributed by atoms with Crippen molar-refractivity contribution in [2.24, 2.45) is 0 Å². The molecule has 0 saturated carbocycles. The zero-order valence-corrected chi connectivity index (χ0v) is 8.36. The van der Waals surface area contributed by atoms with Crippen LogP contribution in [-0.2, 0) is 11.2 Å². The average Bonchev–Trinajstić information content (AvgIpc) is 2.57. The summed E-state index contributed by atoms with van der Waals surface area (Å²) >= 11 is 0. The molecule has 2 heterocycles. The number of aliphatic hydroxyl groups is 1. The molecule has 1 aromatic heterocycles. The molecule has 5 nitrogen and oxygen atoms in total. The van der Waals surface area contributed by atoms with Crippen LogP contribution in [0.4, 0.5) is 5.69 Å². The monoisotopic (exact) mass is 208 g/mol. The number of carbonyl (C=O) groups is 1. The second kappa shape index (κ2) is 3.86. The average molecular weight is 208 g/mol. The van der Waals surface area contributed by atoms with Crippen LogP contribution >= 0.6 is 0 Å². The van der Waals surface area contributed by atoms with Crippen LogP contribution in [0.3, 0.4) is 0 Å². The van der Waals surface area contributed by atoms with E-state index in [1.807, 2.05) is 0 Å². The fraction of sp³-hybridized carbons (Fsp3) is 0.400. The van der Waals surface area contributed by atoms with E-state index in [1.165, 1.54) is 0 Å². The van der Waals surface area contributed by atoms with Crippen molar-refractivity contribution in [3.05, 3.63) is 23.5 Å². The van der Waals surface area contributed by atoms with Gasteiger partial charge in [-0.1, -0.05) is 0 Å². The molecule has 0 aliphatic carbocycles. The number of ether oxygens (including phenoxy) is 1. The van der Waals surface area contributed by atoms with Crippen molar-refractivity contribution in [2.45, 2.75) is 19.6 Å². The van der Waals surface area contributed by atoms with Gasteiger partial charge in [0.1, 0.15) is 6.23 Å². The van der Waals surface area contributed by atoms with Gasteiger partial charge in [-0.3, -0.25) is 4.98 Å². The summed E-state index contributed by atoms with van der Waals surface area (Å²) < 4.78 is 4.90. The van der Waals surface area contributed by atoms with Gasteiger partial charge in [0.2, 0.25) is 0 Å². The molecule has 1 unspecified atom stereocenters. The number of esters is 1. The van der Waals surface area contributed by atoms with E-state index in [9.17, 15) is 9.90 Å². The van der Waals surface area contributed by atoms with E-state index in [-0.39, 0.29) is 0 Å². The normalized spacial score (nSPS) is 18.1. The molecule has 0 fully saturated rings. The van der Waals surface area contributed by atoms with Crippen molar-refractivity contribution in [3.63, 3.8) is 0 Å². The van der Waals surface area contributed by atoms with Crippen LogP contribution in [-0.4, -0.2) is 28.9 Å². The molecule has 80 valence electrons. The lowest BCUT2D eigenvalue weighted by Crippen LogP contribution is -2.14. The maximum atomic E-state index is 11.5. The number of hydrogen-bond donors (Lipinski definition) is 2. The number of aromatic nitrogens is 1. The Bertz CT molecular complexity index is 392. The van der Waals surface area contributed by atoms with E-state index in [1.54, 1.807) is 19.2 Å². The smallest absolute Gasteiger partial charge is 0.340 e. The third kappa shape index (κ3) is 1.78. The second-order valence-corrected chi connectivity index (χ2v) is 3.26. The predicted molar refractivity (Wildman–Crippen MR) is 53.5 cm³/mol. The molecule has 0 saturated heterocycles. The van der Waals surface area contributed by atoms with E-state index in [0.29, 0.717) is 30.0 Å². The number of carbonyl (C=O) groups excluding carboxylic acids is 1. The third-order valence-corrected chi connectivity index (χ3v) is 2.22. The quantitative estimate of drug-likeness (QED) is 0.694. The Balaban J connectivity index is 2.34. The molecule has 0 bridgehead atoms. The summed E-state index contributed by atoms with van der Waals surface area (Å²) in [5.74, 6) is -0.391. The number of rotatable bonds is 2. The number of aliphatic hydroxyl groups excluding tert-OH is 1. The largest absolute Gasteiger partial charge is 0.462 e. The van der Waals surface area contributed by atoms with Crippen LogP contribution in [0, 0.1) is 0 Å². The fourth-order valence-electron chi connectivity index (χ4n) is 1.60. The molecule has 0 aromatic carbocycles. The van der Waals surface area contributed by atoms with Crippen molar-refractivity contribution >= 4 is 11.7 Å². The van der Waals surface area contributed by atoms with Crippen LogP contribution in [0.5, 0.6) is 0 Å². The Labute approximate surface area is 87.1 Å². The molecule has 2 N–H and O–H groups in total. The van der Waals surface area contributed by atoms with E-state index >= 15 is 0 Å². The van der Waals surface area contributed by atoms with Crippen molar-refractivity contribution in [1.82, 2.24) is 4.98 Å². The molecule has 1 atom stereocenters. The fourth-order valence-corrected chi connectivity index (χ4v) is 1.60. The highest BCUT2D eigenvalue weighted by Crippen LogP contribution is 2.27. The van der Waals surface area contributed by atoms with Gasteiger partial charge in [-0.2, -0.15) is 0 Å². The topological polar surface area (TPSA) is 71.5 Å². The molecule has 15 heavy (non-hydrogen) atoms. The second-order valence-electron chi connectivity index (χ2n) is 3.26. The molecular weight excluding hydrogens is 196 g/mol. The Kier molecular flexibility index (Phi) is 2.55. The zero-order chi connectivity index (χ0) is 10.8. The number of anilines is 1. The van der Waals surface area contributed by atoms with Crippen LogP contribution in [0.1, 0.15) is 23.0 Å². The Morgan fingerprint density at radius 3 is 3.33 bits per heavy atom. The van der Waals surface area contributed by atoms with Crippen LogP contribution in [0.25, 0.3) is 0 Å². The van der Waals surface area contributed by atoms with Crippen LogP contribution in [0.2, 0.25) is 0 Å². The Morgan fingerprint density at radius 1 is 1.80 bits per heavy atom. The van der Waals surface area contributed by atoms with Gasteiger partial charge in [0.05, 0.1) is 23.6 Å². The van der Waals surface area contributed by atoms with Crippen molar-refractivity contribution in [3.8, 4) is 0 Å². The summed E-state index contributed by atoms with van der Waals surface area (Å²) in [5.41, 5.74) is 1.72. The number of pyridine rings is 1. The highest BCUT2D eigenvalue weighted by atomic mass is 16.5. The molecule has 5 heteroatoms. The van der Waals surface area contributed by atoms with Crippen LogP contribution in [0.15, 0.2) is 12.3 Å². The minimum absolute atomic E-state index is 0.332. The molecule has 0 spiro atoms. The summed E-state index contributed by atoms with van der Waals surface area (Å²) in [6.07, 6.45) is 1.30. The predicted octanol–water partition coefficient (Wildman–Crippen LogP) is 0.545. The first-order valence-corrected chi connectivity index (χ1v) is 4.82. The van der Waals surface area contributed by atoms with Gasteiger partial charge in [-0.15, -0.1) is 0 Å². The summed E-state index contributed by atoms with van der Waals surface area (Å²) in [7, 11) is 0.